The van der Waals surface area contributed by atoms with E-state index in [4.69, 9.17) is 9.26 Å². The minimum absolute atomic E-state index is 0.0485. The third kappa shape index (κ3) is 3.43. The monoisotopic (exact) mass is 379 g/mol. The number of carbonyl (C=O) groups is 1. The Morgan fingerprint density at radius 3 is 2.82 bits per heavy atom. The van der Waals surface area contributed by atoms with E-state index in [1.807, 2.05) is 32.0 Å². The van der Waals surface area contributed by atoms with E-state index < -0.39 is 0 Å². The summed E-state index contributed by atoms with van der Waals surface area (Å²) in [6.07, 6.45) is 3.42. The Hall–Kier alpha value is -3.35. The quantitative estimate of drug-likeness (QED) is 0.748. The first-order valence-electron chi connectivity index (χ1n) is 9.18. The van der Waals surface area contributed by atoms with Crippen molar-refractivity contribution < 1.29 is 19.2 Å². The highest BCUT2D eigenvalue weighted by molar-refractivity contribution is 5.91. The number of hydrogen-bond acceptors (Lipinski definition) is 6. The highest BCUT2D eigenvalue weighted by Crippen LogP contribution is 2.37. The lowest BCUT2D eigenvalue weighted by Gasteiger charge is -2.18. The number of amides is 1. The van der Waals surface area contributed by atoms with Gasteiger partial charge in [-0.15, -0.1) is 0 Å². The molecule has 28 heavy (non-hydrogen) atoms. The molecule has 1 aliphatic rings. The maximum atomic E-state index is 12.9. The van der Waals surface area contributed by atoms with Crippen molar-refractivity contribution >= 4 is 5.91 Å². The molecule has 0 saturated heterocycles. The molecule has 1 N–H and O–H groups in total. The summed E-state index contributed by atoms with van der Waals surface area (Å²) in [5, 5.41) is 14.4. The Balaban J connectivity index is 1.65. The van der Waals surface area contributed by atoms with Crippen LogP contribution in [-0.2, 0) is 6.54 Å². The molecule has 0 aliphatic carbocycles. The van der Waals surface area contributed by atoms with E-state index in [0.29, 0.717) is 18.8 Å². The largest absolute Gasteiger partial charge is 0.504 e. The van der Waals surface area contributed by atoms with Crippen molar-refractivity contribution in [1.82, 2.24) is 15.0 Å². The summed E-state index contributed by atoms with van der Waals surface area (Å²) in [7, 11) is 0. The second kappa shape index (κ2) is 7.34. The standard InChI is InChI=1S/C21H21N3O4/c1-13(2)17-10-19(28-23-17)21(26)24-6-7-27-20-16(12-24)8-15(9-18(20)25)14-4-3-5-22-11-14/h3-5,8-11,13,25H,6-7,12H2,1-2H3. The normalized spacial score (nSPS) is 13.8. The fourth-order valence-corrected chi connectivity index (χ4v) is 3.19. The van der Waals surface area contributed by atoms with Gasteiger partial charge in [-0.3, -0.25) is 9.78 Å². The lowest BCUT2D eigenvalue weighted by Crippen LogP contribution is -2.32. The van der Waals surface area contributed by atoms with Gasteiger partial charge in [-0.1, -0.05) is 25.1 Å². The van der Waals surface area contributed by atoms with Crippen molar-refractivity contribution in [3.05, 3.63) is 59.7 Å². The van der Waals surface area contributed by atoms with Crippen molar-refractivity contribution in [1.29, 1.82) is 0 Å². The molecule has 0 saturated carbocycles. The van der Waals surface area contributed by atoms with Crippen LogP contribution < -0.4 is 4.74 Å². The molecule has 7 nitrogen and oxygen atoms in total. The van der Waals surface area contributed by atoms with Gasteiger partial charge in [0.25, 0.3) is 5.91 Å². The van der Waals surface area contributed by atoms with E-state index in [1.165, 1.54) is 0 Å². The van der Waals surface area contributed by atoms with Crippen LogP contribution >= 0.6 is 0 Å². The molecular weight excluding hydrogens is 358 g/mol. The molecule has 1 aromatic carbocycles. The molecule has 3 aromatic rings. The lowest BCUT2D eigenvalue weighted by molar-refractivity contribution is 0.0691. The second-order valence-corrected chi connectivity index (χ2v) is 7.07. The molecule has 0 spiro atoms. The Kier molecular flexibility index (Phi) is 4.73. The number of phenolic OH excluding ortho intramolecular Hbond substituents is 1. The van der Waals surface area contributed by atoms with Crippen LogP contribution in [0.15, 0.2) is 47.2 Å². The molecule has 1 amide bonds. The molecule has 1 aliphatic heterocycles. The van der Waals surface area contributed by atoms with E-state index in [9.17, 15) is 9.90 Å². The van der Waals surface area contributed by atoms with E-state index >= 15 is 0 Å². The van der Waals surface area contributed by atoms with Crippen LogP contribution in [-0.4, -0.2) is 39.2 Å². The number of aromatic hydroxyl groups is 1. The fourth-order valence-electron chi connectivity index (χ4n) is 3.19. The molecule has 2 aromatic heterocycles. The molecule has 0 radical (unpaired) electrons. The topological polar surface area (TPSA) is 88.7 Å². The van der Waals surface area contributed by atoms with Crippen molar-refractivity contribution in [3.63, 3.8) is 0 Å². The van der Waals surface area contributed by atoms with Gasteiger partial charge in [0.2, 0.25) is 5.76 Å². The van der Waals surface area contributed by atoms with Crippen LogP contribution in [0.3, 0.4) is 0 Å². The average molecular weight is 379 g/mol. The summed E-state index contributed by atoms with van der Waals surface area (Å²) in [6, 6.07) is 9.00. The first kappa shape index (κ1) is 18.0. The van der Waals surface area contributed by atoms with Crippen molar-refractivity contribution in [3.8, 4) is 22.6 Å². The predicted octanol–water partition coefficient (Wildman–Crippen LogP) is 3.60. The van der Waals surface area contributed by atoms with E-state index in [1.54, 1.807) is 29.4 Å². The zero-order chi connectivity index (χ0) is 19.7. The molecule has 0 atom stereocenters. The van der Waals surface area contributed by atoms with Crippen LogP contribution in [0, 0.1) is 0 Å². The van der Waals surface area contributed by atoms with Crippen LogP contribution in [0.5, 0.6) is 11.5 Å². The zero-order valence-corrected chi connectivity index (χ0v) is 15.8. The smallest absolute Gasteiger partial charge is 0.292 e. The van der Waals surface area contributed by atoms with Gasteiger partial charge in [0.1, 0.15) is 6.61 Å². The number of pyridine rings is 1. The maximum Gasteiger partial charge on any atom is 0.292 e. The van der Waals surface area contributed by atoms with E-state index in [2.05, 4.69) is 10.1 Å². The van der Waals surface area contributed by atoms with Gasteiger partial charge in [0.05, 0.1) is 18.8 Å². The molecule has 4 rings (SSSR count). The van der Waals surface area contributed by atoms with Crippen molar-refractivity contribution in [2.24, 2.45) is 0 Å². The van der Waals surface area contributed by atoms with Gasteiger partial charge in [-0.2, -0.15) is 0 Å². The highest BCUT2D eigenvalue weighted by Gasteiger charge is 2.26. The minimum atomic E-state index is -0.248. The highest BCUT2D eigenvalue weighted by atomic mass is 16.5. The van der Waals surface area contributed by atoms with Crippen LogP contribution in [0.4, 0.5) is 0 Å². The number of carbonyl (C=O) groups excluding carboxylic acids is 1. The van der Waals surface area contributed by atoms with Crippen LogP contribution in [0.2, 0.25) is 0 Å². The molecular formula is C21H21N3O4. The molecule has 0 fully saturated rings. The van der Waals surface area contributed by atoms with Gasteiger partial charge in [0.15, 0.2) is 11.5 Å². The third-order valence-corrected chi connectivity index (χ3v) is 4.73. The number of phenols is 1. The summed E-state index contributed by atoms with van der Waals surface area (Å²) in [4.78, 5) is 18.7. The van der Waals surface area contributed by atoms with E-state index in [0.717, 1.165) is 22.4 Å². The van der Waals surface area contributed by atoms with Gasteiger partial charge >= 0.3 is 0 Å². The fraction of sp³-hybridized carbons (Fsp3) is 0.286. The number of hydrogen-bond donors (Lipinski definition) is 1. The van der Waals surface area contributed by atoms with E-state index in [-0.39, 0.29) is 29.9 Å². The third-order valence-electron chi connectivity index (χ3n) is 4.73. The van der Waals surface area contributed by atoms with Gasteiger partial charge in [-0.05, 0) is 29.7 Å². The SMILES string of the molecule is CC(C)c1cc(C(=O)N2CCOc3c(O)cc(-c4cccnc4)cc3C2)on1. The molecule has 7 heteroatoms. The number of fused-ring (bicyclic) bond motifs is 1. The van der Waals surface area contributed by atoms with Crippen molar-refractivity contribution in [2.75, 3.05) is 13.2 Å². The predicted molar refractivity (Wildman–Crippen MR) is 102 cm³/mol. The molecule has 0 bridgehead atoms. The zero-order valence-electron chi connectivity index (χ0n) is 15.8. The lowest BCUT2D eigenvalue weighted by atomic mass is 10.0. The number of benzene rings is 1. The van der Waals surface area contributed by atoms with Gasteiger partial charge < -0.3 is 19.3 Å². The average Bonchev–Trinajstić information content (AvgIpc) is 3.09. The molecule has 3 heterocycles. The van der Waals surface area contributed by atoms with Gasteiger partial charge in [-0.25, -0.2) is 0 Å². The Morgan fingerprint density at radius 1 is 1.25 bits per heavy atom. The minimum Gasteiger partial charge on any atom is -0.504 e. The summed E-state index contributed by atoms with van der Waals surface area (Å²) in [5.41, 5.74) is 3.16. The summed E-state index contributed by atoms with van der Waals surface area (Å²) >= 11 is 0. The Bertz CT molecular complexity index is 998. The van der Waals surface area contributed by atoms with Crippen LogP contribution in [0.1, 0.15) is 41.6 Å². The van der Waals surface area contributed by atoms with Crippen LogP contribution in [0.25, 0.3) is 11.1 Å². The number of nitrogens with zero attached hydrogens (tertiary/aromatic N) is 3. The summed E-state index contributed by atoms with van der Waals surface area (Å²) < 4.78 is 11.0. The molecule has 0 unspecified atom stereocenters. The number of aromatic nitrogens is 2. The van der Waals surface area contributed by atoms with Crippen molar-refractivity contribution in [2.45, 2.75) is 26.3 Å². The second-order valence-electron chi connectivity index (χ2n) is 7.07. The number of ether oxygens (including phenoxy) is 1. The Labute approximate surface area is 162 Å². The summed E-state index contributed by atoms with van der Waals surface area (Å²) in [5.74, 6) is 0.593. The van der Waals surface area contributed by atoms with Gasteiger partial charge in [0, 0.05) is 29.6 Å². The Morgan fingerprint density at radius 2 is 2.11 bits per heavy atom. The maximum absolute atomic E-state index is 12.9. The molecule has 144 valence electrons. The first-order valence-corrected chi connectivity index (χ1v) is 9.18. The number of rotatable bonds is 3. The summed E-state index contributed by atoms with van der Waals surface area (Å²) in [6.45, 7) is 4.94. The first-order chi connectivity index (χ1) is 13.5.